The Kier molecular flexibility index (Phi) is 8.79. The van der Waals surface area contributed by atoms with Crippen molar-refractivity contribution in [1.29, 1.82) is 0 Å². The van der Waals surface area contributed by atoms with Crippen molar-refractivity contribution in [2.24, 2.45) is 5.73 Å². The summed E-state index contributed by atoms with van der Waals surface area (Å²) in [6.45, 7) is 1.06. The lowest BCUT2D eigenvalue weighted by molar-refractivity contribution is -0.183. The predicted octanol–water partition coefficient (Wildman–Crippen LogP) is 4.61. The minimum Gasteiger partial charge on any atom is -0.384 e. The van der Waals surface area contributed by atoms with Crippen LogP contribution in [0, 0.1) is 0 Å². The summed E-state index contributed by atoms with van der Waals surface area (Å²) >= 11 is 0. The molecule has 0 spiro atoms. The van der Waals surface area contributed by atoms with Crippen molar-refractivity contribution in [3.63, 3.8) is 0 Å². The van der Waals surface area contributed by atoms with Crippen molar-refractivity contribution < 1.29 is 17.9 Å². The van der Waals surface area contributed by atoms with Gasteiger partial charge in [0.2, 0.25) is 0 Å². The molecule has 2 atom stereocenters. The number of para-hydroxylation sites is 1. The number of methoxy groups -OCH3 is 1. The number of rotatable bonds is 6. The third-order valence-electron chi connectivity index (χ3n) is 6.28. The second kappa shape index (κ2) is 11.3. The van der Waals surface area contributed by atoms with Crippen LogP contribution in [0.2, 0.25) is 0 Å². The van der Waals surface area contributed by atoms with Crippen molar-refractivity contribution in [3.05, 3.63) is 59.8 Å². The van der Waals surface area contributed by atoms with Gasteiger partial charge in [-0.3, -0.25) is 9.30 Å². The van der Waals surface area contributed by atoms with E-state index in [0.717, 1.165) is 16.5 Å². The van der Waals surface area contributed by atoms with E-state index >= 15 is 0 Å². The molecule has 0 radical (unpaired) electrons. The third-order valence-corrected chi connectivity index (χ3v) is 6.28. The smallest absolute Gasteiger partial charge is 0.384 e. The van der Waals surface area contributed by atoms with E-state index in [9.17, 15) is 13.2 Å². The number of hydrogen-bond acceptors (Lipinski definition) is 6. The van der Waals surface area contributed by atoms with E-state index in [1.54, 1.807) is 17.6 Å². The quantitative estimate of drug-likeness (QED) is 0.383. The molecule has 2 N–H and O–H groups in total. The summed E-state index contributed by atoms with van der Waals surface area (Å²) in [6.07, 6.45) is -1.74. The Morgan fingerprint density at radius 1 is 1.11 bits per heavy atom. The maximum absolute atomic E-state index is 14.1. The van der Waals surface area contributed by atoms with Crippen LogP contribution in [0.15, 0.2) is 48.7 Å². The van der Waals surface area contributed by atoms with Crippen molar-refractivity contribution in [3.8, 4) is 11.5 Å². The highest BCUT2D eigenvalue weighted by Gasteiger charge is 2.46. The molecule has 4 aromatic rings. The number of benzene rings is 1. The highest BCUT2D eigenvalue weighted by molar-refractivity contribution is 5.86. The third kappa shape index (κ3) is 5.42. The fraction of sp³-hybridized carbons (Fsp3) is 0.375. The van der Waals surface area contributed by atoms with E-state index in [1.165, 1.54) is 17.2 Å². The van der Waals surface area contributed by atoms with Crippen molar-refractivity contribution in [2.45, 2.75) is 31.1 Å². The summed E-state index contributed by atoms with van der Waals surface area (Å²) in [4.78, 5) is 6.20. The standard InChI is InChI=1S/C24H25F3N6O.2ClH/c1-34-12-10-16-4-2-3-15-5-7-19(29-21(15)16)23-31-30-20-8-6-17(13-33(20)23)22(24(25,26)27)32-11-9-18(28)14-32;;/h2-8,13,18,22H,9-12,14,28H2,1H3;2*1H/t18?,22-;;/m1../s1. The fourth-order valence-corrected chi connectivity index (χ4v) is 4.65. The number of alkyl halides is 3. The van der Waals surface area contributed by atoms with Crippen LogP contribution in [0.4, 0.5) is 13.2 Å². The van der Waals surface area contributed by atoms with Gasteiger partial charge < -0.3 is 10.5 Å². The Labute approximate surface area is 218 Å². The normalized spacial score (nSPS) is 17.2. The molecular formula is C24H27Cl2F3N6O. The molecule has 1 aromatic carbocycles. The molecule has 4 heterocycles. The summed E-state index contributed by atoms with van der Waals surface area (Å²) in [6, 6.07) is 10.7. The zero-order chi connectivity index (χ0) is 23.9. The summed E-state index contributed by atoms with van der Waals surface area (Å²) < 4.78 is 49.1. The van der Waals surface area contributed by atoms with E-state index in [4.69, 9.17) is 15.5 Å². The minimum absolute atomic E-state index is 0. The highest BCUT2D eigenvalue weighted by Crippen LogP contribution is 2.39. The summed E-state index contributed by atoms with van der Waals surface area (Å²) in [5.41, 5.74) is 8.84. The van der Waals surface area contributed by atoms with Crippen LogP contribution in [0.1, 0.15) is 23.6 Å². The molecule has 3 aromatic heterocycles. The van der Waals surface area contributed by atoms with E-state index < -0.39 is 12.2 Å². The second-order valence-corrected chi connectivity index (χ2v) is 8.63. The first-order chi connectivity index (χ1) is 16.3. The number of hydrogen-bond donors (Lipinski definition) is 1. The SMILES string of the molecule is COCCc1cccc2ccc(-c3nnc4ccc([C@@H](N5CCC(N)C5)C(F)(F)F)cn34)nc12.Cl.Cl. The number of pyridine rings is 2. The van der Waals surface area contributed by atoms with Crippen molar-refractivity contribution in [1.82, 2.24) is 24.5 Å². The first-order valence-corrected chi connectivity index (χ1v) is 11.1. The van der Waals surface area contributed by atoms with Gasteiger partial charge in [-0.15, -0.1) is 35.0 Å². The average molecular weight is 543 g/mol. The maximum Gasteiger partial charge on any atom is 0.408 e. The molecule has 0 aliphatic carbocycles. The van der Waals surface area contributed by atoms with E-state index in [1.807, 2.05) is 30.3 Å². The first kappa shape index (κ1) is 28.1. The number of aromatic nitrogens is 4. The second-order valence-electron chi connectivity index (χ2n) is 8.63. The van der Waals surface area contributed by atoms with Crippen LogP contribution >= 0.6 is 24.8 Å². The van der Waals surface area contributed by atoms with Crippen LogP contribution in [0.3, 0.4) is 0 Å². The number of likely N-dealkylation sites (tertiary alicyclic amines) is 1. The van der Waals surface area contributed by atoms with Gasteiger partial charge in [-0.2, -0.15) is 13.2 Å². The predicted molar refractivity (Wildman–Crippen MR) is 137 cm³/mol. The molecular weight excluding hydrogens is 516 g/mol. The Bertz CT molecular complexity index is 1330. The van der Waals surface area contributed by atoms with Gasteiger partial charge >= 0.3 is 6.18 Å². The summed E-state index contributed by atoms with van der Waals surface area (Å²) in [7, 11) is 1.65. The summed E-state index contributed by atoms with van der Waals surface area (Å²) in [5, 5.41) is 9.37. The molecule has 194 valence electrons. The Hall–Kier alpha value is -2.50. The zero-order valence-electron chi connectivity index (χ0n) is 19.5. The largest absolute Gasteiger partial charge is 0.408 e. The molecule has 5 rings (SSSR count). The molecule has 1 aliphatic rings. The van der Waals surface area contributed by atoms with Gasteiger partial charge in [0.05, 0.1) is 12.1 Å². The van der Waals surface area contributed by atoms with Gasteiger partial charge in [-0.25, -0.2) is 4.98 Å². The fourth-order valence-electron chi connectivity index (χ4n) is 4.65. The topological polar surface area (TPSA) is 81.6 Å². The van der Waals surface area contributed by atoms with Crippen molar-refractivity contribution >= 4 is 41.4 Å². The number of nitrogens with zero attached hydrogens (tertiary/aromatic N) is 5. The minimum atomic E-state index is -4.44. The van der Waals surface area contributed by atoms with Crippen LogP contribution in [-0.4, -0.2) is 63.5 Å². The average Bonchev–Trinajstić information content (AvgIpc) is 3.42. The van der Waals surface area contributed by atoms with Crippen LogP contribution in [0.5, 0.6) is 0 Å². The summed E-state index contributed by atoms with van der Waals surface area (Å²) in [5.74, 6) is 0.388. The van der Waals surface area contributed by atoms with Gasteiger partial charge in [0.15, 0.2) is 11.5 Å². The van der Waals surface area contributed by atoms with Crippen LogP contribution in [-0.2, 0) is 11.2 Å². The lowest BCUT2D eigenvalue weighted by Gasteiger charge is -2.30. The van der Waals surface area contributed by atoms with E-state index in [-0.39, 0.29) is 43.0 Å². The molecule has 12 heteroatoms. The molecule has 1 aliphatic heterocycles. The number of fused-ring (bicyclic) bond motifs is 2. The molecule has 1 saturated heterocycles. The molecule has 0 bridgehead atoms. The molecule has 1 fully saturated rings. The lowest BCUT2D eigenvalue weighted by Crippen LogP contribution is -2.38. The Morgan fingerprint density at radius 3 is 2.61 bits per heavy atom. The molecule has 36 heavy (non-hydrogen) atoms. The highest BCUT2D eigenvalue weighted by atomic mass is 35.5. The Balaban J connectivity index is 0.00000180. The molecule has 0 saturated carbocycles. The zero-order valence-corrected chi connectivity index (χ0v) is 21.1. The van der Waals surface area contributed by atoms with Gasteiger partial charge in [0.25, 0.3) is 0 Å². The number of halogens is 5. The van der Waals surface area contributed by atoms with E-state index in [2.05, 4.69) is 10.2 Å². The lowest BCUT2D eigenvalue weighted by atomic mass is 10.1. The maximum atomic E-state index is 14.1. The van der Waals surface area contributed by atoms with Crippen LogP contribution < -0.4 is 5.73 Å². The van der Waals surface area contributed by atoms with Gasteiger partial charge in [0, 0.05) is 37.8 Å². The van der Waals surface area contributed by atoms with Crippen LogP contribution in [0.25, 0.3) is 28.1 Å². The van der Waals surface area contributed by atoms with E-state index in [0.29, 0.717) is 43.2 Å². The van der Waals surface area contributed by atoms with Crippen molar-refractivity contribution in [2.75, 3.05) is 26.8 Å². The number of ether oxygens (including phenoxy) is 1. The number of nitrogens with two attached hydrogens (primary N) is 1. The molecule has 7 nitrogen and oxygen atoms in total. The molecule has 0 amide bonds. The molecule has 1 unspecified atom stereocenters. The Morgan fingerprint density at radius 2 is 1.92 bits per heavy atom. The van der Waals surface area contributed by atoms with Gasteiger partial charge in [0.1, 0.15) is 11.7 Å². The monoisotopic (exact) mass is 542 g/mol. The van der Waals surface area contributed by atoms with Gasteiger partial charge in [-0.05, 0) is 36.1 Å². The first-order valence-electron chi connectivity index (χ1n) is 11.1. The van der Waals surface area contributed by atoms with Gasteiger partial charge in [-0.1, -0.05) is 30.3 Å².